The molecular weight excluding hydrogens is 506 g/mol. The van der Waals surface area contributed by atoms with Gasteiger partial charge in [-0.15, -0.1) is 0 Å². The van der Waals surface area contributed by atoms with Gasteiger partial charge in [0.1, 0.15) is 11.6 Å². The Hall–Kier alpha value is -3.75. The quantitative estimate of drug-likeness (QED) is 0.588. The number of aliphatic hydroxyl groups excluding tert-OH is 1. The molecule has 1 N–H and O–H groups in total. The maximum Gasteiger partial charge on any atom is 0.253 e. The number of carbonyl (C=O) groups is 3. The zero-order valence-electron chi connectivity index (χ0n) is 23.1. The van der Waals surface area contributed by atoms with Gasteiger partial charge in [0.05, 0.1) is 24.0 Å². The molecule has 8 nitrogen and oxygen atoms in total. The van der Waals surface area contributed by atoms with Gasteiger partial charge in [-0.1, -0.05) is 61.6 Å². The van der Waals surface area contributed by atoms with Crippen LogP contribution in [0.1, 0.15) is 24.5 Å². The van der Waals surface area contributed by atoms with E-state index in [1.165, 1.54) is 4.90 Å². The number of carbonyl (C=O) groups excluding carboxylic acids is 3. The molecule has 0 saturated carbocycles. The van der Waals surface area contributed by atoms with Crippen molar-refractivity contribution in [2.75, 3.05) is 36.0 Å². The van der Waals surface area contributed by atoms with Crippen molar-refractivity contribution in [2.45, 2.75) is 44.4 Å². The number of aryl methyl sites for hydroxylation is 2. The van der Waals surface area contributed by atoms with Gasteiger partial charge in [-0.3, -0.25) is 14.4 Å². The highest BCUT2D eigenvalue weighted by Gasteiger charge is 2.75. The van der Waals surface area contributed by atoms with Gasteiger partial charge in [-0.2, -0.15) is 0 Å². The van der Waals surface area contributed by atoms with Crippen LogP contribution in [0, 0.1) is 25.7 Å². The van der Waals surface area contributed by atoms with Gasteiger partial charge in [0.2, 0.25) is 11.8 Å². The van der Waals surface area contributed by atoms with Gasteiger partial charge in [-0.25, -0.2) is 0 Å². The van der Waals surface area contributed by atoms with E-state index in [-0.39, 0.29) is 30.9 Å². The van der Waals surface area contributed by atoms with Crippen molar-refractivity contribution in [1.82, 2.24) is 4.90 Å². The molecule has 1 spiro atoms. The Balaban J connectivity index is 1.50. The maximum absolute atomic E-state index is 14.5. The highest BCUT2D eigenvalue weighted by molar-refractivity contribution is 6.08. The molecule has 6 rings (SSSR count). The molecule has 4 aliphatic rings. The zero-order chi connectivity index (χ0) is 28.2. The van der Waals surface area contributed by atoms with E-state index in [1.807, 2.05) is 93.6 Å². The lowest BCUT2D eigenvalue weighted by molar-refractivity contribution is -0.146. The number of β-amino-alcohol motifs (C(OH)–C–C–N with tert-alkyl or cyclic N) is 1. The molecule has 3 amide bonds. The minimum absolute atomic E-state index is 0.0242. The Labute approximate surface area is 234 Å². The Bertz CT molecular complexity index is 1420. The van der Waals surface area contributed by atoms with Crippen molar-refractivity contribution in [2.24, 2.45) is 11.8 Å². The highest BCUT2D eigenvalue weighted by atomic mass is 16.5. The molecular formula is C32H35N3O5. The number of para-hydroxylation sites is 1. The number of anilines is 2. The number of nitrogens with zero attached hydrogens (tertiary/aromatic N) is 3. The van der Waals surface area contributed by atoms with E-state index in [1.54, 1.807) is 9.80 Å². The zero-order valence-corrected chi connectivity index (χ0v) is 23.1. The topological polar surface area (TPSA) is 90.4 Å². The van der Waals surface area contributed by atoms with Gasteiger partial charge >= 0.3 is 0 Å². The van der Waals surface area contributed by atoms with Gasteiger partial charge in [-0.05, 0) is 49.6 Å². The van der Waals surface area contributed by atoms with Crippen LogP contribution in [0.2, 0.25) is 0 Å². The third kappa shape index (κ3) is 3.69. The predicted molar refractivity (Wildman–Crippen MR) is 152 cm³/mol. The number of rotatable bonds is 5. The standard InChI is InChI=1S/C32H35N3O5/c1-4-31-14-8-16-33(23-10-6-5-7-11-23)28(37)25(31)26-29(38)35(18-19-36)27-30(39)34(17-9-15-32(26,27)40-31)24-20-21(2)12-13-22(24)3/h5-15,20,25-27,36H,4,16-19H2,1-3H3/t25-,26-,27?,31+,32-/m0/s1. The number of hydrogen-bond acceptors (Lipinski definition) is 5. The fourth-order valence-corrected chi connectivity index (χ4v) is 7.17. The Morgan fingerprint density at radius 3 is 2.35 bits per heavy atom. The molecule has 0 bridgehead atoms. The smallest absolute Gasteiger partial charge is 0.253 e. The van der Waals surface area contributed by atoms with E-state index in [9.17, 15) is 19.5 Å². The number of fused-ring (bicyclic) bond motifs is 2. The minimum atomic E-state index is -1.35. The summed E-state index contributed by atoms with van der Waals surface area (Å²) in [7, 11) is 0. The van der Waals surface area contributed by atoms with Crippen LogP contribution in [-0.4, -0.2) is 71.2 Å². The lowest BCUT2D eigenvalue weighted by Crippen LogP contribution is -2.56. The summed E-state index contributed by atoms with van der Waals surface area (Å²) < 4.78 is 6.98. The molecule has 0 radical (unpaired) electrons. The van der Waals surface area contributed by atoms with Gasteiger partial charge in [0.25, 0.3) is 5.91 Å². The third-order valence-electron chi connectivity index (χ3n) is 9.00. The predicted octanol–water partition coefficient (Wildman–Crippen LogP) is 3.16. The molecule has 208 valence electrons. The first-order valence-electron chi connectivity index (χ1n) is 14.0. The van der Waals surface area contributed by atoms with Crippen molar-refractivity contribution >= 4 is 29.1 Å². The Morgan fingerprint density at radius 2 is 1.62 bits per heavy atom. The Kier molecular flexibility index (Phi) is 6.43. The fraction of sp³-hybridized carbons (Fsp3) is 0.406. The van der Waals surface area contributed by atoms with Crippen molar-refractivity contribution < 1.29 is 24.2 Å². The third-order valence-corrected chi connectivity index (χ3v) is 9.00. The summed E-state index contributed by atoms with van der Waals surface area (Å²) >= 11 is 0. The lowest BCUT2D eigenvalue weighted by atomic mass is 9.73. The number of ether oxygens (including phenoxy) is 1. The average Bonchev–Trinajstić information content (AvgIpc) is 3.23. The van der Waals surface area contributed by atoms with Gasteiger partial charge in [0.15, 0.2) is 0 Å². The van der Waals surface area contributed by atoms with Crippen LogP contribution in [0.15, 0.2) is 72.8 Å². The number of likely N-dealkylation sites (tertiary alicyclic amines) is 1. The number of amides is 3. The number of benzene rings is 2. The van der Waals surface area contributed by atoms with Gasteiger partial charge < -0.3 is 24.5 Å². The second-order valence-electron chi connectivity index (χ2n) is 11.2. The Morgan fingerprint density at radius 1 is 0.900 bits per heavy atom. The minimum Gasteiger partial charge on any atom is -0.395 e. The SMILES string of the molecule is CC[C@@]12C=CCN(c3ccccc3)C(=O)[C@@H]1[C@H]1C(=O)N(CCO)C3C(=O)N(c4cc(C)ccc4C)CC=C[C@@]31O2. The summed E-state index contributed by atoms with van der Waals surface area (Å²) in [4.78, 5) is 48.1. The molecule has 4 heterocycles. The summed E-state index contributed by atoms with van der Waals surface area (Å²) in [6.07, 6.45) is 8.06. The van der Waals surface area contributed by atoms with E-state index >= 15 is 0 Å². The molecule has 5 atom stereocenters. The van der Waals surface area contributed by atoms with Crippen molar-refractivity contribution in [3.63, 3.8) is 0 Å². The van der Waals surface area contributed by atoms with E-state index in [4.69, 9.17) is 4.74 Å². The summed E-state index contributed by atoms with van der Waals surface area (Å²) in [5, 5.41) is 9.97. The maximum atomic E-state index is 14.5. The first kappa shape index (κ1) is 26.5. The van der Waals surface area contributed by atoms with Crippen LogP contribution in [0.5, 0.6) is 0 Å². The molecule has 2 aromatic rings. The van der Waals surface area contributed by atoms with E-state index in [2.05, 4.69) is 0 Å². The molecule has 8 heteroatoms. The lowest BCUT2D eigenvalue weighted by Gasteiger charge is -2.38. The van der Waals surface area contributed by atoms with Crippen LogP contribution >= 0.6 is 0 Å². The highest BCUT2D eigenvalue weighted by Crippen LogP contribution is 2.58. The molecule has 0 aliphatic carbocycles. The van der Waals surface area contributed by atoms with Crippen molar-refractivity contribution in [3.8, 4) is 0 Å². The van der Waals surface area contributed by atoms with Crippen LogP contribution in [0.3, 0.4) is 0 Å². The van der Waals surface area contributed by atoms with Crippen LogP contribution < -0.4 is 9.80 Å². The van der Waals surface area contributed by atoms with Crippen LogP contribution in [-0.2, 0) is 19.1 Å². The normalized spacial score (nSPS) is 31.2. The van der Waals surface area contributed by atoms with Crippen molar-refractivity contribution in [3.05, 3.63) is 84.0 Å². The monoisotopic (exact) mass is 541 g/mol. The summed E-state index contributed by atoms with van der Waals surface area (Å²) in [5.74, 6) is -2.56. The van der Waals surface area contributed by atoms with E-state index in [0.29, 0.717) is 19.5 Å². The second-order valence-corrected chi connectivity index (χ2v) is 11.2. The van der Waals surface area contributed by atoms with E-state index in [0.717, 1.165) is 22.5 Å². The van der Waals surface area contributed by atoms with Crippen LogP contribution in [0.4, 0.5) is 11.4 Å². The summed E-state index contributed by atoms with van der Waals surface area (Å²) in [6.45, 7) is 6.22. The average molecular weight is 542 g/mol. The molecule has 0 aromatic heterocycles. The molecule has 2 aromatic carbocycles. The second kappa shape index (κ2) is 9.71. The largest absolute Gasteiger partial charge is 0.395 e. The first-order chi connectivity index (χ1) is 19.3. The summed E-state index contributed by atoms with van der Waals surface area (Å²) in [5.41, 5.74) is 1.07. The molecule has 2 fully saturated rings. The number of aliphatic hydroxyl groups is 1. The number of hydrogen-bond donors (Lipinski definition) is 1. The molecule has 1 unspecified atom stereocenters. The molecule has 2 saturated heterocycles. The van der Waals surface area contributed by atoms with Crippen LogP contribution in [0.25, 0.3) is 0 Å². The molecule has 40 heavy (non-hydrogen) atoms. The van der Waals surface area contributed by atoms with Gasteiger partial charge in [0, 0.05) is 31.0 Å². The van der Waals surface area contributed by atoms with Crippen molar-refractivity contribution in [1.29, 1.82) is 0 Å². The first-order valence-corrected chi connectivity index (χ1v) is 14.0. The molecule has 4 aliphatic heterocycles. The fourth-order valence-electron chi connectivity index (χ4n) is 7.17. The van der Waals surface area contributed by atoms with E-state index < -0.39 is 29.1 Å². The summed E-state index contributed by atoms with van der Waals surface area (Å²) in [6, 6.07) is 14.4.